The fraction of sp³-hybridized carbons (Fsp3) is 0.235. The molecule has 2 aromatic rings. The molecule has 2 N–H and O–H groups in total. The Kier molecular flexibility index (Phi) is 6.34. The lowest BCUT2D eigenvalue weighted by Crippen LogP contribution is -2.33. The second-order valence-corrected chi connectivity index (χ2v) is 5.11. The van der Waals surface area contributed by atoms with Gasteiger partial charge in [-0.25, -0.2) is 0 Å². The van der Waals surface area contributed by atoms with E-state index in [2.05, 4.69) is 0 Å². The van der Waals surface area contributed by atoms with Gasteiger partial charge in [0.25, 0.3) is 0 Å². The topological polar surface area (TPSA) is 76.0 Å². The number of methoxy groups -OCH3 is 1. The van der Waals surface area contributed by atoms with E-state index in [0.717, 1.165) is 5.56 Å². The summed E-state index contributed by atoms with van der Waals surface area (Å²) in [6, 6.07) is 14.6. The molecule has 0 bridgehead atoms. The minimum atomic E-state index is -1.72. The number of benzene rings is 2. The van der Waals surface area contributed by atoms with Crippen molar-refractivity contribution in [3.05, 3.63) is 59.7 Å². The van der Waals surface area contributed by atoms with Gasteiger partial charge in [0.2, 0.25) is 0 Å². The Morgan fingerprint density at radius 2 is 1.87 bits per heavy atom. The van der Waals surface area contributed by atoms with Crippen LogP contribution in [-0.4, -0.2) is 43.3 Å². The summed E-state index contributed by atoms with van der Waals surface area (Å²) in [4.78, 5) is 11.2. The number of carbonyl (C=O) groups is 1. The van der Waals surface area contributed by atoms with E-state index in [1.807, 2.05) is 30.3 Å². The van der Waals surface area contributed by atoms with Gasteiger partial charge in [-0.05, 0) is 17.1 Å². The van der Waals surface area contributed by atoms with Crippen LogP contribution in [0, 0.1) is 0 Å². The standard InChI is InChI=1S/C17H19BO5/c1-22-14(10-13-6-3-2-4-7-13)12-23-17-9-5-8-16(18(20)21)15(17)11-19/h2-9,11,14,20-21H,10,12H2,1H3. The predicted molar refractivity (Wildman–Crippen MR) is 88.1 cm³/mol. The molecular weight excluding hydrogens is 295 g/mol. The van der Waals surface area contributed by atoms with E-state index in [4.69, 9.17) is 9.47 Å². The average molecular weight is 314 g/mol. The van der Waals surface area contributed by atoms with Crippen molar-refractivity contribution in [3.8, 4) is 5.75 Å². The molecule has 5 nitrogen and oxygen atoms in total. The van der Waals surface area contributed by atoms with E-state index in [0.29, 0.717) is 18.5 Å². The molecule has 0 heterocycles. The highest BCUT2D eigenvalue weighted by molar-refractivity contribution is 6.60. The largest absolute Gasteiger partial charge is 0.490 e. The van der Waals surface area contributed by atoms with E-state index in [1.165, 1.54) is 6.07 Å². The van der Waals surface area contributed by atoms with Gasteiger partial charge in [-0.15, -0.1) is 0 Å². The van der Waals surface area contributed by atoms with E-state index >= 15 is 0 Å². The molecule has 0 aliphatic rings. The van der Waals surface area contributed by atoms with Crippen molar-refractivity contribution in [3.63, 3.8) is 0 Å². The summed E-state index contributed by atoms with van der Waals surface area (Å²) in [5, 5.41) is 18.6. The minimum absolute atomic E-state index is 0.120. The molecule has 2 rings (SSSR count). The molecule has 1 atom stereocenters. The molecule has 0 amide bonds. The molecular formula is C17H19BO5. The van der Waals surface area contributed by atoms with Gasteiger partial charge in [-0.3, -0.25) is 4.79 Å². The number of carbonyl (C=O) groups excluding carboxylic acids is 1. The summed E-state index contributed by atoms with van der Waals surface area (Å²) in [5.41, 5.74) is 1.38. The van der Waals surface area contributed by atoms with Crippen LogP contribution in [-0.2, 0) is 11.2 Å². The molecule has 0 aliphatic heterocycles. The fourth-order valence-electron chi connectivity index (χ4n) is 2.31. The molecule has 0 saturated heterocycles. The molecule has 6 heteroatoms. The fourth-order valence-corrected chi connectivity index (χ4v) is 2.31. The Labute approximate surface area is 135 Å². The molecule has 2 aromatic carbocycles. The molecule has 23 heavy (non-hydrogen) atoms. The predicted octanol–water partition coefficient (Wildman–Crippen LogP) is 0.815. The normalized spacial score (nSPS) is 11.8. The van der Waals surface area contributed by atoms with E-state index in [9.17, 15) is 14.8 Å². The van der Waals surface area contributed by atoms with Gasteiger partial charge in [0.05, 0.1) is 11.7 Å². The third-order valence-corrected chi connectivity index (χ3v) is 3.56. The van der Waals surface area contributed by atoms with Crippen molar-refractivity contribution in [2.45, 2.75) is 12.5 Å². The zero-order valence-electron chi connectivity index (χ0n) is 12.9. The zero-order valence-corrected chi connectivity index (χ0v) is 12.9. The summed E-state index contributed by atoms with van der Waals surface area (Å²) in [6.45, 7) is 0.247. The quantitative estimate of drug-likeness (QED) is 0.557. The number of hydrogen-bond donors (Lipinski definition) is 2. The Balaban J connectivity index is 2.07. The van der Waals surface area contributed by atoms with Crippen molar-refractivity contribution >= 4 is 18.9 Å². The van der Waals surface area contributed by atoms with Crippen LogP contribution < -0.4 is 10.2 Å². The monoisotopic (exact) mass is 314 g/mol. The maximum atomic E-state index is 11.2. The minimum Gasteiger partial charge on any atom is -0.490 e. The van der Waals surface area contributed by atoms with Crippen LogP contribution in [0.5, 0.6) is 5.75 Å². The first-order chi connectivity index (χ1) is 11.2. The lowest BCUT2D eigenvalue weighted by atomic mass is 9.77. The second-order valence-electron chi connectivity index (χ2n) is 5.11. The summed E-state index contributed by atoms with van der Waals surface area (Å²) in [7, 11) is -0.118. The molecule has 120 valence electrons. The third kappa shape index (κ3) is 4.66. The number of hydrogen-bond acceptors (Lipinski definition) is 5. The number of rotatable bonds is 8. The molecule has 0 spiro atoms. The molecule has 0 fully saturated rings. The Bertz CT molecular complexity index is 630. The van der Waals surface area contributed by atoms with E-state index in [-0.39, 0.29) is 23.7 Å². The zero-order chi connectivity index (χ0) is 16.7. The van der Waals surface area contributed by atoms with Crippen molar-refractivity contribution in [2.75, 3.05) is 13.7 Å². The molecule has 1 unspecified atom stereocenters. The maximum Gasteiger partial charge on any atom is 0.489 e. The summed E-state index contributed by atoms with van der Waals surface area (Å²) in [5.74, 6) is 0.306. The average Bonchev–Trinajstić information content (AvgIpc) is 2.58. The van der Waals surface area contributed by atoms with Gasteiger partial charge in [0, 0.05) is 13.5 Å². The van der Waals surface area contributed by atoms with Crippen molar-refractivity contribution in [1.82, 2.24) is 0 Å². The summed E-state index contributed by atoms with van der Waals surface area (Å²) >= 11 is 0. The number of ether oxygens (including phenoxy) is 2. The van der Waals surface area contributed by atoms with Crippen LogP contribution in [0.3, 0.4) is 0 Å². The van der Waals surface area contributed by atoms with Crippen LogP contribution in [0.2, 0.25) is 0 Å². The Morgan fingerprint density at radius 1 is 1.13 bits per heavy atom. The molecule has 0 saturated carbocycles. The van der Waals surface area contributed by atoms with Crippen LogP contribution in [0.4, 0.5) is 0 Å². The summed E-state index contributed by atoms with van der Waals surface area (Å²) < 4.78 is 11.1. The van der Waals surface area contributed by atoms with Crippen LogP contribution >= 0.6 is 0 Å². The van der Waals surface area contributed by atoms with Crippen molar-refractivity contribution < 1.29 is 24.3 Å². The Morgan fingerprint density at radius 3 is 2.48 bits per heavy atom. The first-order valence-corrected chi connectivity index (χ1v) is 7.29. The SMILES string of the molecule is COC(COc1cccc(B(O)O)c1C=O)Cc1ccccc1. The lowest BCUT2D eigenvalue weighted by molar-refractivity contribution is 0.0581. The third-order valence-electron chi connectivity index (χ3n) is 3.56. The molecule has 0 aromatic heterocycles. The van der Waals surface area contributed by atoms with Gasteiger partial charge in [-0.2, -0.15) is 0 Å². The van der Waals surface area contributed by atoms with Crippen LogP contribution in [0.15, 0.2) is 48.5 Å². The van der Waals surface area contributed by atoms with E-state index < -0.39 is 7.12 Å². The maximum absolute atomic E-state index is 11.2. The highest BCUT2D eigenvalue weighted by Gasteiger charge is 2.19. The first-order valence-electron chi connectivity index (χ1n) is 7.29. The van der Waals surface area contributed by atoms with Gasteiger partial charge >= 0.3 is 7.12 Å². The van der Waals surface area contributed by atoms with Crippen molar-refractivity contribution in [1.29, 1.82) is 0 Å². The highest BCUT2D eigenvalue weighted by Crippen LogP contribution is 2.16. The molecule has 0 aliphatic carbocycles. The van der Waals surface area contributed by atoms with Gasteiger partial charge in [0.15, 0.2) is 6.29 Å². The molecule has 0 radical (unpaired) electrons. The second kappa shape index (κ2) is 8.48. The smallest absolute Gasteiger partial charge is 0.489 e. The van der Waals surface area contributed by atoms with Gasteiger partial charge in [0.1, 0.15) is 12.4 Å². The van der Waals surface area contributed by atoms with Gasteiger partial charge < -0.3 is 19.5 Å². The van der Waals surface area contributed by atoms with Crippen LogP contribution in [0.25, 0.3) is 0 Å². The van der Waals surface area contributed by atoms with Crippen molar-refractivity contribution in [2.24, 2.45) is 0 Å². The lowest BCUT2D eigenvalue weighted by Gasteiger charge is -2.18. The summed E-state index contributed by atoms with van der Waals surface area (Å²) in [6.07, 6.45) is 1.05. The van der Waals surface area contributed by atoms with Crippen LogP contribution in [0.1, 0.15) is 15.9 Å². The van der Waals surface area contributed by atoms with E-state index in [1.54, 1.807) is 19.2 Å². The highest BCUT2D eigenvalue weighted by atomic mass is 16.5. The number of aldehydes is 1. The van der Waals surface area contributed by atoms with Gasteiger partial charge in [-0.1, -0.05) is 42.5 Å². The first kappa shape index (κ1) is 17.2. The Hall–Kier alpha value is -2.15.